The fourth-order valence-corrected chi connectivity index (χ4v) is 4.87. The quantitative estimate of drug-likeness (QED) is 0.366. The number of unbranched alkanes of at least 4 members (excludes halogenated alkanes) is 1. The topological polar surface area (TPSA) is 86.8 Å². The first-order chi connectivity index (χ1) is 16.5. The molecule has 2 aromatic rings. The predicted octanol–water partition coefficient (Wildman–Crippen LogP) is 4.87. The molecule has 0 heterocycles. The Labute approximate surface area is 218 Å². The molecule has 0 aliphatic rings. The molecule has 0 radical (unpaired) electrons. The number of nitrogens with one attached hydrogen (secondary N) is 1. The van der Waals surface area contributed by atoms with Gasteiger partial charge in [0.2, 0.25) is 21.8 Å². The second-order valence-electron chi connectivity index (χ2n) is 8.39. The van der Waals surface area contributed by atoms with E-state index in [4.69, 9.17) is 23.2 Å². The van der Waals surface area contributed by atoms with Crippen molar-refractivity contribution in [1.82, 2.24) is 10.2 Å². The van der Waals surface area contributed by atoms with Crippen LogP contribution >= 0.6 is 23.2 Å². The number of hydrogen-bond donors (Lipinski definition) is 1. The highest BCUT2D eigenvalue weighted by molar-refractivity contribution is 7.92. The maximum atomic E-state index is 13.2. The van der Waals surface area contributed by atoms with E-state index in [1.54, 1.807) is 49.4 Å². The molecule has 2 aromatic carbocycles. The average Bonchev–Trinajstić information content (AvgIpc) is 2.80. The normalized spacial score (nSPS) is 12.1. The summed E-state index contributed by atoms with van der Waals surface area (Å²) in [6.07, 6.45) is 3.28. The van der Waals surface area contributed by atoms with Gasteiger partial charge >= 0.3 is 0 Å². The van der Waals surface area contributed by atoms with E-state index in [1.807, 2.05) is 13.0 Å². The van der Waals surface area contributed by atoms with Crippen LogP contribution in [0.4, 0.5) is 5.69 Å². The molecule has 192 valence electrons. The molecule has 0 spiro atoms. The lowest BCUT2D eigenvalue weighted by Crippen LogP contribution is -2.48. The molecule has 1 N–H and O–H groups in total. The summed E-state index contributed by atoms with van der Waals surface area (Å²) in [5, 5.41) is 3.92. The maximum Gasteiger partial charge on any atom is 0.242 e. The van der Waals surface area contributed by atoms with Gasteiger partial charge in [0.15, 0.2) is 0 Å². The minimum Gasteiger partial charge on any atom is -0.354 e. The second-order valence-corrected chi connectivity index (χ2v) is 11.2. The van der Waals surface area contributed by atoms with Crippen LogP contribution in [0, 0.1) is 0 Å². The highest BCUT2D eigenvalue weighted by atomic mass is 35.5. The summed E-state index contributed by atoms with van der Waals surface area (Å²) in [5.41, 5.74) is 1.28. The minimum absolute atomic E-state index is 0.0761. The summed E-state index contributed by atoms with van der Waals surface area (Å²) in [6, 6.07) is 12.9. The van der Waals surface area contributed by atoms with Crippen LogP contribution in [0.25, 0.3) is 0 Å². The molecule has 0 saturated carbocycles. The monoisotopic (exact) mass is 541 g/mol. The van der Waals surface area contributed by atoms with Crippen molar-refractivity contribution in [3.8, 4) is 0 Å². The van der Waals surface area contributed by atoms with Gasteiger partial charge in [0, 0.05) is 36.1 Å². The second kappa shape index (κ2) is 13.7. The van der Waals surface area contributed by atoms with Crippen molar-refractivity contribution in [3.63, 3.8) is 0 Å². The van der Waals surface area contributed by atoms with Gasteiger partial charge in [-0.05, 0) is 61.7 Å². The van der Waals surface area contributed by atoms with Gasteiger partial charge in [-0.1, -0.05) is 48.7 Å². The SMILES string of the molecule is CCCCNC(=O)[C@H](C)N(Cc1cccc(Cl)c1)C(=O)CCCN(c1ccc(Cl)cc1)S(C)(=O)=O. The highest BCUT2D eigenvalue weighted by Gasteiger charge is 2.26. The zero-order valence-electron chi connectivity index (χ0n) is 20.3. The Bertz CT molecular complexity index is 1090. The summed E-state index contributed by atoms with van der Waals surface area (Å²) in [4.78, 5) is 27.5. The van der Waals surface area contributed by atoms with Crippen LogP contribution < -0.4 is 9.62 Å². The zero-order chi connectivity index (χ0) is 26.0. The van der Waals surface area contributed by atoms with E-state index in [2.05, 4.69) is 5.32 Å². The van der Waals surface area contributed by atoms with Crippen LogP contribution in [0.3, 0.4) is 0 Å². The number of carbonyl (C=O) groups excluding carboxylic acids is 2. The van der Waals surface area contributed by atoms with E-state index in [1.165, 1.54) is 9.21 Å². The third kappa shape index (κ3) is 9.35. The fraction of sp³-hybridized carbons (Fsp3) is 0.440. The van der Waals surface area contributed by atoms with Gasteiger partial charge in [-0.25, -0.2) is 8.42 Å². The molecule has 7 nitrogen and oxygen atoms in total. The van der Waals surface area contributed by atoms with Crippen molar-refractivity contribution in [3.05, 3.63) is 64.1 Å². The van der Waals surface area contributed by atoms with E-state index >= 15 is 0 Å². The lowest BCUT2D eigenvalue weighted by atomic mass is 10.1. The van der Waals surface area contributed by atoms with Crippen LogP contribution in [0.1, 0.15) is 45.1 Å². The molecular formula is C25H33Cl2N3O4S. The van der Waals surface area contributed by atoms with E-state index in [9.17, 15) is 18.0 Å². The number of amides is 2. The van der Waals surface area contributed by atoms with E-state index < -0.39 is 16.1 Å². The molecular weight excluding hydrogens is 509 g/mol. The van der Waals surface area contributed by atoms with Crippen molar-refractivity contribution in [2.45, 2.75) is 52.1 Å². The van der Waals surface area contributed by atoms with Gasteiger partial charge in [-0.15, -0.1) is 0 Å². The Morgan fingerprint density at radius 2 is 1.71 bits per heavy atom. The van der Waals surface area contributed by atoms with Crippen molar-refractivity contribution < 1.29 is 18.0 Å². The molecule has 2 rings (SSSR count). The summed E-state index contributed by atoms with van der Waals surface area (Å²) in [6.45, 7) is 4.61. The first-order valence-corrected chi connectivity index (χ1v) is 14.2. The van der Waals surface area contributed by atoms with Crippen LogP contribution in [0.2, 0.25) is 10.0 Å². The van der Waals surface area contributed by atoms with Gasteiger partial charge in [0.25, 0.3) is 0 Å². The standard InChI is InChI=1S/C25H33Cl2N3O4S/c1-4-5-15-28-25(32)19(2)29(18-20-8-6-9-22(27)17-20)24(31)10-7-16-30(35(3,33)34)23-13-11-21(26)12-14-23/h6,8-9,11-14,17,19H,4-5,7,10,15-16,18H2,1-3H3,(H,28,32)/t19-/m0/s1. The minimum atomic E-state index is -3.56. The smallest absolute Gasteiger partial charge is 0.242 e. The van der Waals surface area contributed by atoms with Crippen molar-refractivity contribution in [2.24, 2.45) is 0 Å². The molecule has 0 unspecified atom stereocenters. The summed E-state index contributed by atoms with van der Waals surface area (Å²) >= 11 is 12.0. The Hall–Kier alpha value is -2.29. The van der Waals surface area contributed by atoms with Gasteiger partial charge < -0.3 is 10.2 Å². The number of rotatable bonds is 13. The Kier molecular flexibility index (Phi) is 11.3. The number of anilines is 1. The maximum absolute atomic E-state index is 13.2. The molecule has 1 atom stereocenters. The van der Waals surface area contributed by atoms with Crippen LogP contribution in [0.5, 0.6) is 0 Å². The van der Waals surface area contributed by atoms with E-state index in [0.717, 1.165) is 24.7 Å². The zero-order valence-corrected chi connectivity index (χ0v) is 22.7. The Morgan fingerprint density at radius 3 is 2.31 bits per heavy atom. The average molecular weight is 543 g/mol. The van der Waals surface area contributed by atoms with E-state index in [-0.39, 0.29) is 37.7 Å². The molecule has 0 aromatic heterocycles. The molecule has 0 bridgehead atoms. The van der Waals surface area contributed by atoms with Crippen molar-refractivity contribution in [1.29, 1.82) is 0 Å². The van der Waals surface area contributed by atoms with Gasteiger partial charge in [-0.3, -0.25) is 13.9 Å². The number of halogens is 2. The Morgan fingerprint density at radius 1 is 1.03 bits per heavy atom. The first kappa shape index (κ1) is 28.9. The highest BCUT2D eigenvalue weighted by Crippen LogP contribution is 2.22. The molecule has 0 saturated heterocycles. The molecule has 0 aliphatic carbocycles. The largest absolute Gasteiger partial charge is 0.354 e. The Balaban J connectivity index is 2.13. The summed E-state index contributed by atoms with van der Waals surface area (Å²) < 4.78 is 26.0. The number of sulfonamides is 1. The number of nitrogens with zero attached hydrogens (tertiary/aromatic N) is 2. The van der Waals surface area contributed by atoms with E-state index in [0.29, 0.717) is 22.3 Å². The van der Waals surface area contributed by atoms with Crippen LogP contribution in [-0.4, -0.2) is 50.5 Å². The van der Waals surface area contributed by atoms with Crippen molar-refractivity contribution >= 4 is 50.7 Å². The molecule has 0 fully saturated rings. The fourth-order valence-electron chi connectivity index (χ4n) is 3.56. The predicted molar refractivity (Wildman–Crippen MR) is 142 cm³/mol. The number of benzene rings is 2. The lowest BCUT2D eigenvalue weighted by Gasteiger charge is -2.29. The summed E-state index contributed by atoms with van der Waals surface area (Å²) in [7, 11) is -3.56. The van der Waals surface area contributed by atoms with Gasteiger partial charge in [0.05, 0.1) is 11.9 Å². The molecule has 10 heteroatoms. The van der Waals surface area contributed by atoms with Crippen LogP contribution in [0.15, 0.2) is 48.5 Å². The van der Waals surface area contributed by atoms with Gasteiger partial charge in [-0.2, -0.15) is 0 Å². The third-order valence-electron chi connectivity index (χ3n) is 5.51. The van der Waals surface area contributed by atoms with Gasteiger partial charge in [0.1, 0.15) is 6.04 Å². The molecule has 35 heavy (non-hydrogen) atoms. The third-order valence-corrected chi connectivity index (χ3v) is 7.19. The van der Waals surface area contributed by atoms with Crippen LogP contribution in [-0.2, 0) is 26.2 Å². The molecule has 0 aliphatic heterocycles. The summed E-state index contributed by atoms with van der Waals surface area (Å²) in [5.74, 6) is -0.472. The first-order valence-electron chi connectivity index (χ1n) is 11.6. The van der Waals surface area contributed by atoms with Crippen molar-refractivity contribution in [2.75, 3.05) is 23.7 Å². The lowest BCUT2D eigenvalue weighted by molar-refractivity contribution is -0.140. The number of hydrogen-bond acceptors (Lipinski definition) is 4. The number of carbonyl (C=O) groups is 2. The molecule has 2 amide bonds.